The first kappa shape index (κ1) is 16.1. The number of rotatable bonds is 5. The average Bonchev–Trinajstić information content (AvgIpc) is 2.44. The van der Waals surface area contributed by atoms with Crippen LogP contribution in [-0.2, 0) is 0 Å². The molecule has 0 spiro atoms. The molecule has 0 fully saturated rings. The van der Waals surface area contributed by atoms with E-state index in [9.17, 15) is 17.6 Å². The van der Waals surface area contributed by atoms with Crippen molar-refractivity contribution in [1.82, 2.24) is 0 Å². The lowest BCUT2D eigenvalue weighted by molar-refractivity contribution is -0.275. The molecule has 2 rings (SSSR count). The fourth-order valence-electron chi connectivity index (χ4n) is 1.85. The van der Waals surface area contributed by atoms with Gasteiger partial charge in [0, 0.05) is 6.54 Å². The summed E-state index contributed by atoms with van der Waals surface area (Å²) in [7, 11) is 0. The summed E-state index contributed by atoms with van der Waals surface area (Å²) >= 11 is 0. The molecule has 0 heterocycles. The van der Waals surface area contributed by atoms with Crippen molar-refractivity contribution >= 4 is 0 Å². The fourth-order valence-corrected chi connectivity index (χ4v) is 1.85. The molecule has 0 aliphatic heterocycles. The normalized spacial score (nSPS) is 11.3. The first-order valence-electron chi connectivity index (χ1n) is 6.37. The number of alkyl halides is 3. The van der Waals surface area contributed by atoms with E-state index >= 15 is 0 Å². The van der Waals surface area contributed by atoms with E-state index < -0.39 is 17.9 Å². The van der Waals surface area contributed by atoms with Crippen molar-refractivity contribution in [2.75, 3.05) is 13.2 Å². The summed E-state index contributed by atoms with van der Waals surface area (Å²) in [5.41, 5.74) is 6.30. The lowest BCUT2D eigenvalue weighted by Crippen LogP contribution is -2.18. The number of benzene rings is 2. The van der Waals surface area contributed by atoms with Crippen LogP contribution in [-0.4, -0.2) is 19.5 Å². The molecule has 0 radical (unpaired) electrons. The van der Waals surface area contributed by atoms with Gasteiger partial charge in [-0.25, -0.2) is 4.39 Å². The van der Waals surface area contributed by atoms with Crippen molar-refractivity contribution in [3.05, 3.63) is 48.3 Å². The van der Waals surface area contributed by atoms with Gasteiger partial charge in [0.15, 0.2) is 11.5 Å². The second-order valence-electron chi connectivity index (χ2n) is 4.36. The highest BCUT2D eigenvalue weighted by atomic mass is 19.4. The Balaban J connectivity index is 2.38. The molecule has 0 saturated heterocycles. The van der Waals surface area contributed by atoms with E-state index in [0.29, 0.717) is 11.1 Å². The largest absolute Gasteiger partial charge is 0.573 e. The van der Waals surface area contributed by atoms with Crippen molar-refractivity contribution in [1.29, 1.82) is 0 Å². The second kappa shape index (κ2) is 6.65. The minimum absolute atomic E-state index is 0.0286. The Kier molecular flexibility index (Phi) is 4.87. The highest BCUT2D eigenvalue weighted by Crippen LogP contribution is 2.36. The molecule has 0 aromatic heterocycles. The third-order valence-corrected chi connectivity index (χ3v) is 2.70. The molecular weight excluding hydrogens is 302 g/mol. The highest BCUT2D eigenvalue weighted by Gasteiger charge is 2.32. The zero-order valence-electron chi connectivity index (χ0n) is 11.4. The first-order valence-corrected chi connectivity index (χ1v) is 6.37. The highest BCUT2D eigenvalue weighted by molar-refractivity contribution is 5.67. The molecule has 2 aromatic carbocycles. The molecule has 0 amide bonds. The Morgan fingerprint density at radius 1 is 0.955 bits per heavy atom. The van der Waals surface area contributed by atoms with E-state index in [0.717, 1.165) is 6.07 Å². The Morgan fingerprint density at radius 3 is 2.32 bits per heavy atom. The molecule has 0 saturated carbocycles. The molecule has 7 heteroatoms. The molecule has 118 valence electrons. The SMILES string of the molecule is NCCOc1cc(-c2cccc(F)c2)ccc1OC(F)(F)F. The van der Waals surface area contributed by atoms with E-state index in [1.807, 2.05) is 0 Å². The van der Waals surface area contributed by atoms with Crippen LogP contribution in [0.5, 0.6) is 11.5 Å². The second-order valence-corrected chi connectivity index (χ2v) is 4.36. The first-order chi connectivity index (χ1) is 10.4. The van der Waals surface area contributed by atoms with Gasteiger partial charge in [-0.1, -0.05) is 18.2 Å². The van der Waals surface area contributed by atoms with Crippen LogP contribution < -0.4 is 15.2 Å². The van der Waals surface area contributed by atoms with Gasteiger partial charge in [0.05, 0.1) is 0 Å². The van der Waals surface area contributed by atoms with Crippen molar-refractivity contribution in [3.63, 3.8) is 0 Å². The Bertz CT molecular complexity index is 644. The quantitative estimate of drug-likeness (QED) is 0.855. The third kappa shape index (κ3) is 4.36. The molecule has 0 aliphatic carbocycles. The summed E-state index contributed by atoms with van der Waals surface area (Å²) in [5, 5.41) is 0. The summed E-state index contributed by atoms with van der Waals surface area (Å²) < 4.78 is 59.4. The van der Waals surface area contributed by atoms with Crippen LogP contribution in [0.25, 0.3) is 11.1 Å². The maximum absolute atomic E-state index is 13.2. The Morgan fingerprint density at radius 2 is 1.68 bits per heavy atom. The number of hydrogen-bond acceptors (Lipinski definition) is 3. The minimum Gasteiger partial charge on any atom is -0.488 e. The lowest BCUT2D eigenvalue weighted by atomic mass is 10.1. The zero-order chi connectivity index (χ0) is 16.2. The van der Waals surface area contributed by atoms with Crippen molar-refractivity contribution in [2.24, 2.45) is 5.73 Å². The fraction of sp³-hybridized carbons (Fsp3) is 0.200. The van der Waals surface area contributed by atoms with E-state index in [2.05, 4.69) is 4.74 Å². The van der Waals surface area contributed by atoms with Crippen LogP contribution in [0.4, 0.5) is 17.6 Å². The van der Waals surface area contributed by atoms with Crippen LogP contribution in [0.15, 0.2) is 42.5 Å². The van der Waals surface area contributed by atoms with E-state index in [-0.39, 0.29) is 18.9 Å². The summed E-state index contributed by atoms with van der Waals surface area (Å²) in [5.74, 6) is -1.02. The van der Waals surface area contributed by atoms with Gasteiger partial charge < -0.3 is 15.2 Å². The predicted molar refractivity (Wildman–Crippen MR) is 73.1 cm³/mol. The van der Waals surface area contributed by atoms with E-state index in [1.165, 1.54) is 30.3 Å². The number of nitrogens with two attached hydrogens (primary N) is 1. The maximum atomic E-state index is 13.2. The van der Waals surface area contributed by atoms with Crippen LogP contribution in [0.2, 0.25) is 0 Å². The van der Waals surface area contributed by atoms with Gasteiger partial charge in [-0.15, -0.1) is 13.2 Å². The van der Waals surface area contributed by atoms with Crippen molar-refractivity contribution in [2.45, 2.75) is 6.36 Å². The maximum Gasteiger partial charge on any atom is 0.573 e. The van der Waals surface area contributed by atoms with Gasteiger partial charge in [-0.05, 0) is 35.4 Å². The van der Waals surface area contributed by atoms with E-state index in [1.54, 1.807) is 6.07 Å². The van der Waals surface area contributed by atoms with Crippen LogP contribution in [0.3, 0.4) is 0 Å². The molecule has 0 atom stereocenters. The van der Waals surface area contributed by atoms with Crippen LogP contribution in [0, 0.1) is 5.82 Å². The smallest absolute Gasteiger partial charge is 0.488 e. The molecular formula is C15H13F4NO2. The van der Waals surface area contributed by atoms with Crippen LogP contribution in [0.1, 0.15) is 0 Å². The standard InChI is InChI=1S/C15H13F4NO2/c16-12-3-1-2-10(8-12)11-4-5-13(22-15(17,18)19)14(9-11)21-7-6-20/h1-5,8-9H,6-7,20H2. The molecule has 0 bridgehead atoms. The molecule has 3 nitrogen and oxygen atoms in total. The summed E-state index contributed by atoms with van der Waals surface area (Å²) in [6, 6.07) is 9.56. The number of hydrogen-bond donors (Lipinski definition) is 1. The molecule has 0 unspecified atom stereocenters. The van der Waals surface area contributed by atoms with Gasteiger partial charge in [-0.2, -0.15) is 0 Å². The van der Waals surface area contributed by atoms with Crippen molar-refractivity contribution in [3.8, 4) is 22.6 Å². The number of ether oxygens (including phenoxy) is 2. The molecule has 0 aliphatic rings. The van der Waals surface area contributed by atoms with Gasteiger partial charge in [0.25, 0.3) is 0 Å². The zero-order valence-corrected chi connectivity index (χ0v) is 11.4. The topological polar surface area (TPSA) is 44.5 Å². The Labute approximate surface area is 124 Å². The Hall–Kier alpha value is -2.28. The van der Waals surface area contributed by atoms with Gasteiger partial charge in [0.2, 0.25) is 0 Å². The average molecular weight is 315 g/mol. The summed E-state index contributed by atoms with van der Waals surface area (Å²) in [4.78, 5) is 0. The van der Waals surface area contributed by atoms with Gasteiger partial charge in [-0.3, -0.25) is 0 Å². The van der Waals surface area contributed by atoms with E-state index in [4.69, 9.17) is 10.5 Å². The summed E-state index contributed by atoms with van der Waals surface area (Å²) in [6.45, 7) is 0.163. The van der Waals surface area contributed by atoms with Crippen LogP contribution >= 0.6 is 0 Å². The number of halogens is 4. The minimum atomic E-state index is -4.83. The molecule has 2 N–H and O–H groups in total. The predicted octanol–water partition coefficient (Wildman–Crippen LogP) is 3.73. The van der Waals surface area contributed by atoms with Gasteiger partial charge in [0.1, 0.15) is 12.4 Å². The lowest BCUT2D eigenvalue weighted by Gasteiger charge is -2.15. The van der Waals surface area contributed by atoms with Crippen molar-refractivity contribution < 1.29 is 27.0 Å². The summed E-state index contributed by atoms with van der Waals surface area (Å²) in [6.07, 6.45) is -4.83. The monoisotopic (exact) mass is 315 g/mol. The third-order valence-electron chi connectivity index (χ3n) is 2.70. The van der Waals surface area contributed by atoms with Gasteiger partial charge >= 0.3 is 6.36 Å². The molecule has 22 heavy (non-hydrogen) atoms. The molecule has 2 aromatic rings.